The molecule has 76 valence electrons. The SMILES string of the molecule is CC(C)(C)c1cc(C(=O)O)ccc1[O-]. The van der Waals surface area contributed by atoms with E-state index in [1.54, 1.807) is 0 Å². The van der Waals surface area contributed by atoms with E-state index in [4.69, 9.17) is 5.11 Å². The van der Waals surface area contributed by atoms with E-state index in [1.165, 1.54) is 18.2 Å². The lowest BCUT2D eigenvalue weighted by atomic mass is 9.85. The zero-order valence-corrected chi connectivity index (χ0v) is 8.50. The first-order valence-corrected chi connectivity index (χ1v) is 4.37. The van der Waals surface area contributed by atoms with E-state index in [9.17, 15) is 9.90 Å². The summed E-state index contributed by atoms with van der Waals surface area (Å²) in [5, 5.41) is 20.2. The molecule has 1 aromatic carbocycles. The van der Waals surface area contributed by atoms with E-state index >= 15 is 0 Å². The van der Waals surface area contributed by atoms with Gasteiger partial charge in [-0.1, -0.05) is 26.8 Å². The molecule has 1 N–H and O–H groups in total. The van der Waals surface area contributed by atoms with Crippen LogP contribution < -0.4 is 5.11 Å². The summed E-state index contributed by atoms with van der Waals surface area (Å²) in [6, 6.07) is 4.09. The molecule has 0 fully saturated rings. The molecule has 1 rings (SSSR count). The van der Waals surface area contributed by atoms with Crippen LogP contribution in [0.1, 0.15) is 36.7 Å². The van der Waals surface area contributed by atoms with Crippen molar-refractivity contribution in [3.63, 3.8) is 0 Å². The number of benzene rings is 1. The average molecular weight is 193 g/mol. The second-order valence-electron chi connectivity index (χ2n) is 4.27. The minimum absolute atomic E-state index is 0.109. The highest BCUT2D eigenvalue weighted by Crippen LogP contribution is 2.29. The van der Waals surface area contributed by atoms with Gasteiger partial charge in [-0.3, -0.25) is 0 Å². The molecule has 0 heterocycles. The van der Waals surface area contributed by atoms with Crippen molar-refractivity contribution in [3.8, 4) is 5.75 Å². The van der Waals surface area contributed by atoms with Gasteiger partial charge in [0.2, 0.25) is 0 Å². The summed E-state index contributed by atoms with van der Waals surface area (Å²) in [7, 11) is 0. The standard InChI is InChI=1S/C11H14O3/c1-11(2,3)8-6-7(10(13)14)4-5-9(8)12/h4-6,12H,1-3H3,(H,13,14)/p-1. The average Bonchev–Trinajstić information content (AvgIpc) is 2.02. The molecule has 0 amide bonds. The lowest BCUT2D eigenvalue weighted by Gasteiger charge is -2.25. The zero-order valence-electron chi connectivity index (χ0n) is 8.50. The Bertz CT molecular complexity index is 361. The fourth-order valence-corrected chi connectivity index (χ4v) is 1.25. The molecule has 0 atom stereocenters. The first kappa shape index (κ1) is 10.6. The van der Waals surface area contributed by atoms with Crippen molar-refractivity contribution in [2.24, 2.45) is 0 Å². The van der Waals surface area contributed by atoms with Gasteiger partial charge in [-0.25, -0.2) is 4.79 Å². The minimum Gasteiger partial charge on any atom is -0.872 e. The van der Waals surface area contributed by atoms with E-state index in [0.717, 1.165) is 0 Å². The number of carboxylic acids is 1. The monoisotopic (exact) mass is 193 g/mol. The Balaban J connectivity index is 3.29. The number of carbonyl (C=O) groups is 1. The molecular weight excluding hydrogens is 180 g/mol. The lowest BCUT2D eigenvalue weighted by Crippen LogP contribution is -2.15. The number of rotatable bonds is 1. The number of carboxylic acid groups (broad SMARTS) is 1. The van der Waals surface area contributed by atoms with Gasteiger partial charge in [0, 0.05) is 0 Å². The number of hydrogen-bond acceptors (Lipinski definition) is 2. The van der Waals surface area contributed by atoms with Crippen LogP contribution in [0.3, 0.4) is 0 Å². The highest BCUT2D eigenvalue weighted by atomic mass is 16.4. The summed E-state index contributed by atoms with van der Waals surface area (Å²) < 4.78 is 0. The van der Waals surface area contributed by atoms with Gasteiger partial charge in [0.1, 0.15) is 0 Å². The topological polar surface area (TPSA) is 60.4 Å². The Kier molecular flexibility index (Phi) is 2.51. The van der Waals surface area contributed by atoms with Crippen molar-refractivity contribution < 1.29 is 15.0 Å². The van der Waals surface area contributed by atoms with Crippen molar-refractivity contribution in [3.05, 3.63) is 29.3 Å². The van der Waals surface area contributed by atoms with Crippen LogP contribution in [0.15, 0.2) is 18.2 Å². The van der Waals surface area contributed by atoms with Crippen molar-refractivity contribution in [1.29, 1.82) is 0 Å². The zero-order chi connectivity index (χ0) is 10.9. The third-order valence-electron chi connectivity index (χ3n) is 2.03. The van der Waals surface area contributed by atoms with Gasteiger partial charge in [0.15, 0.2) is 0 Å². The molecule has 0 saturated heterocycles. The quantitative estimate of drug-likeness (QED) is 0.739. The normalized spacial score (nSPS) is 11.4. The summed E-state index contributed by atoms with van der Waals surface area (Å²) in [6.45, 7) is 5.65. The molecule has 0 saturated carbocycles. The van der Waals surface area contributed by atoms with Gasteiger partial charge in [-0.2, -0.15) is 0 Å². The Morgan fingerprint density at radius 2 is 1.93 bits per heavy atom. The highest BCUT2D eigenvalue weighted by molar-refractivity contribution is 5.88. The first-order chi connectivity index (χ1) is 6.32. The molecule has 0 radical (unpaired) electrons. The molecule has 0 aromatic heterocycles. The molecule has 1 aromatic rings. The van der Waals surface area contributed by atoms with Gasteiger partial charge in [0.05, 0.1) is 5.56 Å². The van der Waals surface area contributed by atoms with Crippen molar-refractivity contribution >= 4 is 5.97 Å². The van der Waals surface area contributed by atoms with E-state index < -0.39 is 5.97 Å². The van der Waals surface area contributed by atoms with E-state index in [-0.39, 0.29) is 16.7 Å². The Morgan fingerprint density at radius 3 is 2.36 bits per heavy atom. The fourth-order valence-electron chi connectivity index (χ4n) is 1.25. The third-order valence-corrected chi connectivity index (χ3v) is 2.03. The molecule has 0 aliphatic carbocycles. The Hall–Kier alpha value is -1.51. The van der Waals surface area contributed by atoms with Crippen LogP contribution in [0, 0.1) is 0 Å². The minimum atomic E-state index is -1.00. The molecule has 14 heavy (non-hydrogen) atoms. The summed E-state index contributed by atoms with van der Waals surface area (Å²) >= 11 is 0. The Morgan fingerprint density at radius 1 is 1.36 bits per heavy atom. The van der Waals surface area contributed by atoms with Crippen LogP contribution in [0.25, 0.3) is 0 Å². The van der Waals surface area contributed by atoms with Gasteiger partial charge in [0.25, 0.3) is 0 Å². The van der Waals surface area contributed by atoms with E-state index in [0.29, 0.717) is 5.56 Å². The van der Waals surface area contributed by atoms with Crippen molar-refractivity contribution in [2.75, 3.05) is 0 Å². The lowest BCUT2D eigenvalue weighted by molar-refractivity contribution is -0.270. The largest absolute Gasteiger partial charge is 0.872 e. The van der Waals surface area contributed by atoms with Gasteiger partial charge < -0.3 is 10.2 Å². The van der Waals surface area contributed by atoms with Crippen LogP contribution in [-0.4, -0.2) is 11.1 Å². The van der Waals surface area contributed by atoms with E-state index in [2.05, 4.69) is 0 Å². The second kappa shape index (κ2) is 3.33. The van der Waals surface area contributed by atoms with Crippen LogP contribution in [0.5, 0.6) is 5.75 Å². The maximum absolute atomic E-state index is 11.4. The maximum Gasteiger partial charge on any atom is 0.335 e. The molecule has 0 bridgehead atoms. The highest BCUT2D eigenvalue weighted by Gasteiger charge is 2.16. The third kappa shape index (κ3) is 2.05. The van der Waals surface area contributed by atoms with Crippen LogP contribution in [0.4, 0.5) is 0 Å². The van der Waals surface area contributed by atoms with Crippen LogP contribution in [0.2, 0.25) is 0 Å². The van der Waals surface area contributed by atoms with E-state index in [1.807, 2.05) is 20.8 Å². The summed E-state index contributed by atoms with van der Waals surface area (Å²) in [5.74, 6) is -1.11. The molecule has 3 nitrogen and oxygen atoms in total. The maximum atomic E-state index is 11.4. The van der Waals surface area contributed by atoms with Crippen molar-refractivity contribution in [1.82, 2.24) is 0 Å². The molecule has 0 unspecified atom stereocenters. The molecule has 0 aliphatic heterocycles. The fraction of sp³-hybridized carbons (Fsp3) is 0.364. The predicted molar refractivity (Wildman–Crippen MR) is 51.5 cm³/mol. The Labute approximate surface area is 83.0 Å². The molecular formula is C11H13O3-. The van der Waals surface area contributed by atoms with Crippen LogP contribution in [-0.2, 0) is 5.41 Å². The molecule has 0 spiro atoms. The van der Waals surface area contributed by atoms with Gasteiger partial charge >= 0.3 is 5.97 Å². The number of aromatic carboxylic acids is 1. The summed E-state index contributed by atoms with van der Waals surface area (Å²) in [5.41, 5.74) is 0.384. The van der Waals surface area contributed by atoms with Gasteiger partial charge in [-0.05, 0) is 23.1 Å². The predicted octanol–water partition coefficient (Wildman–Crippen LogP) is 1.76. The smallest absolute Gasteiger partial charge is 0.335 e. The summed E-state index contributed by atoms with van der Waals surface area (Å²) in [4.78, 5) is 10.7. The second-order valence-corrected chi connectivity index (χ2v) is 4.27. The molecule has 0 aliphatic rings. The molecule has 3 heteroatoms. The first-order valence-electron chi connectivity index (χ1n) is 4.37. The van der Waals surface area contributed by atoms with Gasteiger partial charge in [-0.15, -0.1) is 5.75 Å². The summed E-state index contributed by atoms with van der Waals surface area (Å²) in [6.07, 6.45) is 0. The van der Waals surface area contributed by atoms with Crippen molar-refractivity contribution in [2.45, 2.75) is 26.2 Å². The number of hydrogen-bond donors (Lipinski definition) is 1. The van der Waals surface area contributed by atoms with Crippen LogP contribution >= 0.6 is 0 Å².